The lowest BCUT2D eigenvalue weighted by Gasteiger charge is -2.33. The van der Waals surface area contributed by atoms with E-state index in [0.717, 1.165) is 16.7 Å². The molecule has 2 heterocycles. The van der Waals surface area contributed by atoms with E-state index in [2.05, 4.69) is 15.1 Å². The van der Waals surface area contributed by atoms with Crippen LogP contribution in [0.4, 0.5) is 0 Å². The number of aromatic nitrogens is 2. The SMILES string of the molecule is Cc1ccc(S(=O)(=O)N2CCN(Cc3nnc(-c4ccccc4)o3)CC2)cc1C. The fourth-order valence-electron chi connectivity index (χ4n) is 3.36. The molecule has 0 aliphatic carbocycles. The van der Waals surface area contributed by atoms with Crippen LogP contribution in [0.15, 0.2) is 57.8 Å². The summed E-state index contributed by atoms with van der Waals surface area (Å²) in [6.07, 6.45) is 0. The van der Waals surface area contributed by atoms with Gasteiger partial charge in [0, 0.05) is 31.7 Å². The maximum atomic E-state index is 12.9. The number of piperazine rings is 1. The first-order chi connectivity index (χ1) is 13.9. The molecule has 0 atom stereocenters. The Morgan fingerprint density at radius 3 is 2.34 bits per heavy atom. The highest BCUT2D eigenvalue weighted by molar-refractivity contribution is 7.89. The van der Waals surface area contributed by atoms with Gasteiger partial charge in [0.25, 0.3) is 0 Å². The minimum atomic E-state index is -3.47. The molecule has 8 heteroatoms. The zero-order chi connectivity index (χ0) is 20.4. The molecule has 3 aromatic rings. The van der Waals surface area contributed by atoms with Crippen molar-refractivity contribution in [3.8, 4) is 11.5 Å². The van der Waals surface area contributed by atoms with Gasteiger partial charge >= 0.3 is 0 Å². The fourth-order valence-corrected chi connectivity index (χ4v) is 4.87. The van der Waals surface area contributed by atoms with Crippen molar-refractivity contribution >= 4 is 10.0 Å². The second-order valence-electron chi connectivity index (χ2n) is 7.29. The van der Waals surface area contributed by atoms with Crippen molar-refractivity contribution in [1.82, 2.24) is 19.4 Å². The number of hydrogen-bond donors (Lipinski definition) is 0. The van der Waals surface area contributed by atoms with Crippen molar-refractivity contribution in [2.24, 2.45) is 0 Å². The van der Waals surface area contributed by atoms with Gasteiger partial charge < -0.3 is 4.42 Å². The zero-order valence-electron chi connectivity index (χ0n) is 16.6. The normalized spacial score (nSPS) is 16.2. The van der Waals surface area contributed by atoms with Crippen LogP contribution in [0, 0.1) is 13.8 Å². The molecule has 29 heavy (non-hydrogen) atoms. The van der Waals surface area contributed by atoms with Crippen LogP contribution in [0.5, 0.6) is 0 Å². The van der Waals surface area contributed by atoms with E-state index in [0.29, 0.717) is 49.4 Å². The molecule has 1 aliphatic heterocycles. The van der Waals surface area contributed by atoms with Crippen LogP contribution in [0.2, 0.25) is 0 Å². The van der Waals surface area contributed by atoms with E-state index in [1.165, 1.54) is 0 Å². The molecular formula is C21H24N4O3S. The van der Waals surface area contributed by atoms with E-state index in [4.69, 9.17) is 4.42 Å². The summed E-state index contributed by atoms with van der Waals surface area (Å²) in [7, 11) is -3.47. The van der Waals surface area contributed by atoms with E-state index in [-0.39, 0.29) is 0 Å². The van der Waals surface area contributed by atoms with Gasteiger partial charge in [0.1, 0.15) is 0 Å². The minimum Gasteiger partial charge on any atom is -0.419 e. The Balaban J connectivity index is 1.38. The molecule has 0 radical (unpaired) electrons. The van der Waals surface area contributed by atoms with Gasteiger partial charge in [0.2, 0.25) is 21.8 Å². The first-order valence-corrected chi connectivity index (χ1v) is 11.0. The first kappa shape index (κ1) is 19.8. The maximum absolute atomic E-state index is 12.9. The summed E-state index contributed by atoms with van der Waals surface area (Å²) < 4.78 is 33.2. The lowest BCUT2D eigenvalue weighted by Crippen LogP contribution is -2.48. The number of nitrogens with zero attached hydrogens (tertiary/aromatic N) is 4. The summed E-state index contributed by atoms with van der Waals surface area (Å²) >= 11 is 0. The van der Waals surface area contributed by atoms with Gasteiger partial charge in [-0.2, -0.15) is 4.31 Å². The molecule has 1 aliphatic rings. The first-order valence-electron chi connectivity index (χ1n) is 9.61. The molecule has 0 amide bonds. The average Bonchev–Trinajstić information content (AvgIpc) is 3.19. The average molecular weight is 413 g/mol. The highest BCUT2D eigenvalue weighted by atomic mass is 32.2. The van der Waals surface area contributed by atoms with E-state index in [9.17, 15) is 8.42 Å². The van der Waals surface area contributed by atoms with Crippen molar-refractivity contribution in [3.05, 3.63) is 65.5 Å². The van der Waals surface area contributed by atoms with Crippen molar-refractivity contribution < 1.29 is 12.8 Å². The number of aryl methyl sites for hydroxylation is 2. The van der Waals surface area contributed by atoms with E-state index >= 15 is 0 Å². The van der Waals surface area contributed by atoms with Gasteiger partial charge in [-0.15, -0.1) is 10.2 Å². The predicted molar refractivity (Wildman–Crippen MR) is 110 cm³/mol. The summed E-state index contributed by atoms with van der Waals surface area (Å²) in [4.78, 5) is 2.49. The molecule has 0 N–H and O–H groups in total. The minimum absolute atomic E-state index is 0.360. The van der Waals surface area contributed by atoms with Gasteiger partial charge in [0.05, 0.1) is 11.4 Å². The van der Waals surface area contributed by atoms with Crippen LogP contribution < -0.4 is 0 Å². The van der Waals surface area contributed by atoms with Crippen LogP contribution >= 0.6 is 0 Å². The smallest absolute Gasteiger partial charge is 0.247 e. The Hall–Kier alpha value is -2.55. The third kappa shape index (κ3) is 4.24. The van der Waals surface area contributed by atoms with Crippen LogP contribution in [-0.2, 0) is 16.6 Å². The molecule has 1 aromatic heterocycles. The van der Waals surface area contributed by atoms with Gasteiger partial charge in [-0.25, -0.2) is 8.42 Å². The van der Waals surface area contributed by atoms with Gasteiger partial charge in [0.15, 0.2) is 0 Å². The summed E-state index contributed by atoms with van der Waals surface area (Å²) in [5, 5.41) is 8.24. The van der Waals surface area contributed by atoms with Crippen molar-refractivity contribution in [2.75, 3.05) is 26.2 Å². The summed E-state index contributed by atoms with van der Waals surface area (Å²) in [5.74, 6) is 1.03. The molecule has 4 rings (SSSR count). The molecule has 7 nitrogen and oxygen atoms in total. The van der Waals surface area contributed by atoms with Crippen LogP contribution in [0.3, 0.4) is 0 Å². The van der Waals surface area contributed by atoms with Gasteiger partial charge in [-0.3, -0.25) is 4.90 Å². The zero-order valence-corrected chi connectivity index (χ0v) is 17.4. The molecule has 1 fully saturated rings. The van der Waals surface area contributed by atoms with Crippen LogP contribution in [0.25, 0.3) is 11.5 Å². The van der Waals surface area contributed by atoms with Crippen molar-refractivity contribution in [3.63, 3.8) is 0 Å². The number of sulfonamides is 1. The number of hydrogen-bond acceptors (Lipinski definition) is 6. The third-order valence-electron chi connectivity index (χ3n) is 5.29. The molecular weight excluding hydrogens is 388 g/mol. The van der Waals surface area contributed by atoms with E-state index in [1.54, 1.807) is 16.4 Å². The summed E-state index contributed by atoms with van der Waals surface area (Å²) in [6.45, 7) is 6.53. The summed E-state index contributed by atoms with van der Waals surface area (Å²) in [6, 6.07) is 14.9. The highest BCUT2D eigenvalue weighted by Crippen LogP contribution is 2.22. The van der Waals surface area contributed by atoms with Gasteiger partial charge in [-0.1, -0.05) is 24.3 Å². The monoisotopic (exact) mass is 412 g/mol. The third-order valence-corrected chi connectivity index (χ3v) is 7.19. The molecule has 0 bridgehead atoms. The standard InChI is InChI=1S/C21H24N4O3S/c1-16-8-9-19(14-17(16)2)29(26,27)25-12-10-24(11-13-25)15-20-22-23-21(28-20)18-6-4-3-5-7-18/h3-9,14H,10-13,15H2,1-2H3. The lowest BCUT2D eigenvalue weighted by molar-refractivity contribution is 0.168. The van der Waals surface area contributed by atoms with Crippen molar-refractivity contribution in [2.45, 2.75) is 25.3 Å². The molecule has 0 saturated carbocycles. The summed E-state index contributed by atoms with van der Waals surface area (Å²) in [5.41, 5.74) is 2.95. The van der Waals surface area contributed by atoms with E-state index in [1.807, 2.05) is 50.2 Å². The van der Waals surface area contributed by atoms with Gasteiger partial charge in [-0.05, 0) is 49.2 Å². The number of benzene rings is 2. The fraction of sp³-hybridized carbons (Fsp3) is 0.333. The number of rotatable bonds is 5. The highest BCUT2D eigenvalue weighted by Gasteiger charge is 2.29. The molecule has 0 spiro atoms. The topological polar surface area (TPSA) is 79.5 Å². The second kappa shape index (κ2) is 8.06. The Morgan fingerprint density at radius 1 is 0.931 bits per heavy atom. The van der Waals surface area contributed by atoms with Crippen molar-refractivity contribution in [1.29, 1.82) is 0 Å². The Kier molecular flexibility index (Phi) is 5.49. The molecule has 1 saturated heterocycles. The Morgan fingerprint density at radius 2 is 1.66 bits per heavy atom. The van der Waals surface area contributed by atoms with E-state index < -0.39 is 10.0 Å². The largest absolute Gasteiger partial charge is 0.419 e. The van der Waals surface area contributed by atoms with Crippen LogP contribution in [0.1, 0.15) is 17.0 Å². The predicted octanol–water partition coefficient (Wildman–Crippen LogP) is 2.86. The lowest BCUT2D eigenvalue weighted by atomic mass is 10.1. The molecule has 2 aromatic carbocycles. The van der Waals surface area contributed by atoms with Crippen LogP contribution in [-0.4, -0.2) is 54.0 Å². The quantitative estimate of drug-likeness (QED) is 0.641. The maximum Gasteiger partial charge on any atom is 0.247 e. The Labute approximate surface area is 171 Å². The molecule has 0 unspecified atom stereocenters. The Bertz CT molecular complexity index is 1090. The second-order valence-corrected chi connectivity index (χ2v) is 9.23. The molecule has 152 valence electrons.